The van der Waals surface area contributed by atoms with E-state index in [1.165, 1.54) is 0 Å². The third-order valence-electron chi connectivity index (χ3n) is 2.83. The zero-order valence-electron chi connectivity index (χ0n) is 11.0. The lowest BCUT2D eigenvalue weighted by Gasteiger charge is -2.14. The van der Waals surface area contributed by atoms with E-state index < -0.39 is 11.9 Å². The fourth-order valence-corrected chi connectivity index (χ4v) is 1.70. The number of carboxylic acid groups (broad SMARTS) is 1. The van der Waals surface area contributed by atoms with Crippen molar-refractivity contribution in [2.45, 2.75) is 31.7 Å². The number of amides is 1. The summed E-state index contributed by atoms with van der Waals surface area (Å²) in [4.78, 5) is 22.8. The summed E-state index contributed by atoms with van der Waals surface area (Å²) in [5, 5.41) is 11.8. The van der Waals surface area contributed by atoms with Crippen LogP contribution in [0.5, 0.6) is 0 Å². The van der Waals surface area contributed by atoms with Gasteiger partial charge in [0.15, 0.2) is 0 Å². The van der Waals surface area contributed by atoms with E-state index in [9.17, 15) is 14.7 Å². The summed E-state index contributed by atoms with van der Waals surface area (Å²) in [6, 6.07) is 8.84. The first-order valence-electron chi connectivity index (χ1n) is 6.30. The molecule has 19 heavy (non-hydrogen) atoms. The van der Waals surface area contributed by atoms with Crippen molar-refractivity contribution in [3.05, 3.63) is 35.9 Å². The van der Waals surface area contributed by atoms with Crippen LogP contribution in [0.1, 0.15) is 31.2 Å². The average molecular weight is 264 g/mol. The molecule has 5 heteroatoms. The second-order valence-corrected chi connectivity index (χ2v) is 4.62. The van der Waals surface area contributed by atoms with Crippen molar-refractivity contribution in [3.63, 3.8) is 0 Å². The number of nitrogens with one attached hydrogen (secondary N) is 1. The minimum Gasteiger partial charge on any atom is -0.481 e. The van der Waals surface area contributed by atoms with E-state index in [2.05, 4.69) is 5.32 Å². The molecule has 0 saturated carbocycles. The Hall–Kier alpha value is -1.88. The van der Waals surface area contributed by atoms with Gasteiger partial charge in [-0.3, -0.25) is 9.59 Å². The quantitative estimate of drug-likeness (QED) is 0.687. The lowest BCUT2D eigenvalue weighted by Crippen LogP contribution is -2.32. The maximum Gasteiger partial charge on any atom is 0.312 e. The van der Waals surface area contributed by atoms with Crippen molar-refractivity contribution in [2.24, 2.45) is 5.73 Å². The maximum atomic E-state index is 11.5. The zero-order valence-corrected chi connectivity index (χ0v) is 11.0. The van der Waals surface area contributed by atoms with Gasteiger partial charge >= 0.3 is 5.97 Å². The second-order valence-electron chi connectivity index (χ2n) is 4.62. The van der Waals surface area contributed by atoms with Gasteiger partial charge in [0.05, 0.1) is 5.92 Å². The summed E-state index contributed by atoms with van der Waals surface area (Å²) < 4.78 is 0. The van der Waals surface area contributed by atoms with Gasteiger partial charge < -0.3 is 16.2 Å². The highest BCUT2D eigenvalue weighted by molar-refractivity contribution is 5.79. The first-order valence-corrected chi connectivity index (χ1v) is 6.30. The summed E-state index contributed by atoms with van der Waals surface area (Å²) in [6.45, 7) is 1.93. The molecule has 2 unspecified atom stereocenters. The topological polar surface area (TPSA) is 92.4 Å². The van der Waals surface area contributed by atoms with Crippen LogP contribution in [-0.2, 0) is 9.59 Å². The van der Waals surface area contributed by atoms with Crippen LogP contribution in [0.25, 0.3) is 0 Å². The Morgan fingerprint density at radius 2 is 1.95 bits per heavy atom. The minimum atomic E-state index is -0.946. The van der Waals surface area contributed by atoms with E-state index >= 15 is 0 Å². The van der Waals surface area contributed by atoms with Crippen molar-refractivity contribution in [2.75, 3.05) is 6.54 Å². The highest BCUT2D eigenvalue weighted by Crippen LogP contribution is 2.14. The van der Waals surface area contributed by atoms with E-state index in [0.717, 1.165) is 0 Å². The second kappa shape index (κ2) is 7.53. The monoisotopic (exact) mass is 264 g/mol. The molecule has 1 amide bonds. The number of carbonyl (C=O) groups is 2. The molecule has 0 saturated heterocycles. The first-order chi connectivity index (χ1) is 9.00. The van der Waals surface area contributed by atoms with Crippen molar-refractivity contribution >= 4 is 11.9 Å². The Labute approximate surface area is 112 Å². The molecular weight excluding hydrogens is 244 g/mol. The highest BCUT2D eigenvalue weighted by atomic mass is 16.4. The Kier molecular flexibility index (Phi) is 6.02. The van der Waals surface area contributed by atoms with Crippen molar-refractivity contribution < 1.29 is 14.7 Å². The first kappa shape index (κ1) is 15.2. The summed E-state index contributed by atoms with van der Waals surface area (Å²) in [5.41, 5.74) is 6.24. The van der Waals surface area contributed by atoms with Crippen LogP contribution in [0.2, 0.25) is 0 Å². The van der Waals surface area contributed by atoms with E-state index in [0.29, 0.717) is 18.4 Å². The molecule has 0 aliphatic rings. The molecule has 1 rings (SSSR count). The van der Waals surface area contributed by atoms with Crippen LogP contribution < -0.4 is 11.1 Å². The normalized spacial score (nSPS) is 13.6. The number of aliphatic carboxylic acids is 1. The van der Waals surface area contributed by atoms with Gasteiger partial charge in [0, 0.05) is 19.0 Å². The van der Waals surface area contributed by atoms with Crippen LogP contribution in [0, 0.1) is 0 Å². The molecule has 0 aliphatic heterocycles. The Morgan fingerprint density at radius 3 is 2.47 bits per heavy atom. The molecule has 0 heterocycles. The van der Waals surface area contributed by atoms with Crippen LogP contribution >= 0.6 is 0 Å². The molecule has 0 aromatic heterocycles. The SMILES string of the molecule is CC(N)CCC(=O)NCC(C(=O)O)c1ccccc1. The third kappa shape index (κ3) is 5.52. The Morgan fingerprint density at radius 1 is 1.32 bits per heavy atom. The molecule has 5 nitrogen and oxygen atoms in total. The largest absolute Gasteiger partial charge is 0.481 e. The zero-order chi connectivity index (χ0) is 14.3. The van der Waals surface area contributed by atoms with E-state index in [-0.39, 0.29) is 18.5 Å². The van der Waals surface area contributed by atoms with Gasteiger partial charge in [0.25, 0.3) is 0 Å². The maximum absolute atomic E-state index is 11.5. The Bertz CT molecular complexity index is 418. The summed E-state index contributed by atoms with van der Waals surface area (Å²) >= 11 is 0. The summed E-state index contributed by atoms with van der Waals surface area (Å²) in [5.74, 6) is -1.83. The molecular formula is C14H20N2O3. The standard InChI is InChI=1S/C14H20N2O3/c1-10(15)7-8-13(17)16-9-12(14(18)19)11-5-3-2-4-6-11/h2-6,10,12H,7-9,15H2,1H3,(H,16,17)(H,18,19). The van der Waals surface area contributed by atoms with Gasteiger partial charge in [-0.05, 0) is 18.9 Å². The summed E-state index contributed by atoms with van der Waals surface area (Å²) in [6.07, 6.45) is 0.910. The fourth-order valence-electron chi connectivity index (χ4n) is 1.70. The number of benzene rings is 1. The van der Waals surface area contributed by atoms with Crippen molar-refractivity contribution in [3.8, 4) is 0 Å². The average Bonchev–Trinajstić information content (AvgIpc) is 2.37. The number of carboxylic acids is 1. The summed E-state index contributed by atoms with van der Waals surface area (Å²) in [7, 11) is 0. The van der Waals surface area contributed by atoms with Crippen molar-refractivity contribution in [1.82, 2.24) is 5.32 Å². The highest BCUT2D eigenvalue weighted by Gasteiger charge is 2.20. The molecule has 4 N–H and O–H groups in total. The van der Waals surface area contributed by atoms with E-state index in [1.54, 1.807) is 24.3 Å². The third-order valence-corrected chi connectivity index (χ3v) is 2.83. The van der Waals surface area contributed by atoms with E-state index in [4.69, 9.17) is 5.73 Å². The number of nitrogens with two attached hydrogens (primary N) is 1. The number of rotatable bonds is 7. The molecule has 104 valence electrons. The molecule has 1 aromatic rings. The number of hydrogen-bond donors (Lipinski definition) is 3. The van der Waals surface area contributed by atoms with Crippen LogP contribution in [0.3, 0.4) is 0 Å². The van der Waals surface area contributed by atoms with E-state index in [1.807, 2.05) is 13.0 Å². The van der Waals surface area contributed by atoms with Crippen LogP contribution in [0.15, 0.2) is 30.3 Å². The van der Waals surface area contributed by atoms with Gasteiger partial charge in [-0.2, -0.15) is 0 Å². The molecule has 0 fully saturated rings. The van der Waals surface area contributed by atoms with Gasteiger partial charge in [-0.25, -0.2) is 0 Å². The molecule has 2 atom stereocenters. The molecule has 0 spiro atoms. The van der Waals surface area contributed by atoms with Gasteiger partial charge in [0.1, 0.15) is 0 Å². The molecule has 0 bridgehead atoms. The lowest BCUT2D eigenvalue weighted by molar-refractivity contribution is -0.138. The molecule has 0 aliphatic carbocycles. The van der Waals surface area contributed by atoms with Gasteiger partial charge in [-0.1, -0.05) is 30.3 Å². The Balaban J connectivity index is 2.52. The number of hydrogen-bond acceptors (Lipinski definition) is 3. The van der Waals surface area contributed by atoms with Crippen LogP contribution in [0.4, 0.5) is 0 Å². The number of carbonyl (C=O) groups excluding carboxylic acids is 1. The van der Waals surface area contributed by atoms with Gasteiger partial charge in [-0.15, -0.1) is 0 Å². The lowest BCUT2D eigenvalue weighted by atomic mass is 9.99. The smallest absolute Gasteiger partial charge is 0.312 e. The van der Waals surface area contributed by atoms with Gasteiger partial charge in [0.2, 0.25) is 5.91 Å². The van der Waals surface area contributed by atoms with Crippen LogP contribution in [-0.4, -0.2) is 29.6 Å². The van der Waals surface area contributed by atoms with Crippen molar-refractivity contribution in [1.29, 1.82) is 0 Å². The molecule has 1 aromatic carbocycles. The fraction of sp³-hybridized carbons (Fsp3) is 0.429. The predicted octanol–water partition coefficient (Wildman–Crippen LogP) is 1.10. The minimum absolute atomic E-state index is 0.0323. The predicted molar refractivity (Wildman–Crippen MR) is 72.7 cm³/mol. The molecule has 0 radical (unpaired) electrons.